The van der Waals surface area contributed by atoms with E-state index >= 15 is 0 Å². The molecule has 1 aromatic carbocycles. The highest BCUT2D eigenvalue weighted by Crippen LogP contribution is 2.31. The van der Waals surface area contributed by atoms with Crippen LogP contribution in [0.2, 0.25) is 0 Å². The average molecular weight is 522 g/mol. The number of pyridine rings is 1. The molecule has 12 heteroatoms. The van der Waals surface area contributed by atoms with Crippen molar-refractivity contribution >= 4 is 29.1 Å². The maximum absolute atomic E-state index is 10.4. The molecule has 4 aromatic heterocycles. The zero-order chi connectivity index (χ0) is 26.3. The van der Waals surface area contributed by atoms with Gasteiger partial charge in [-0.05, 0) is 29.8 Å². The van der Waals surface area contributed by atoms with Crippen LogP contribution in [0.3, 0.4) is 0 Å². The summed E-state index contributed by atoms with van der Waals surface area (Å²) in [7, 11) is 0. The average Bonchev–Trinajstić information content (AvgIpc) is 3.58. The molecule has 0 bridgehead atoms. The van der Waals surface area contributed by atoms with Gasteiger partial charge in [-0.2, -0.15) is 23.5 Å². The molecule has 0 amide bonds. The van der Waals surface area contributed by atoms with Crippen molar-refractivity contribution in [2.45, 2.75) is 28.4 Å². The third kappa shape index (κ3) is 6.59. The van der Waals surface area contributed by atoms with Crippen LogP contribution in [-0.4, -0.2) is 42.2 Å². The van der Waals surface area contributed by atoms with Gasteiger partial charge in [-0.15, -0.1) is 0 Å². The summed E-state index contributed by atoms with van der Waals surface area (Å²) in [6.45, 7) is 0. The molecule has 1 N–H and O–H groups in total. The molecule has 0 spiro atoms. The van der Waals surface area contributed by atoms with E-state index in [1.54, 1.807) is 24.2 Å². The van der Waals surface area contributed by atoms with Crippen molar-refractivity contribution in [2.75, 3.05) is 0 Å². The number of nitriles is 1. The fourth-order valence-electron chi connectivity index (χ4n) is 3.48. The maximum Gasteiger partial charge on any atom is 0.446 e. The van der Waals surface area contributed by atoms with Crippen molar-refractivity contribution in [1.29, 1.82) is 5.26 Å². The number of aromatic amines is 1. The topological polar surface area (TPSA) is 113 Å². The van der Waals surface area contributed by atoms with Crippen LogP contribution < -0.4 is 0 Å². The number of carbonyl (C=O) groups excluding carboxylic acids is 1. The lowest BCUT2D eigenvalue weighted by Gasteiger charge is -2.15. The Kier molecular flexibility index (Phi) is 7.95. The Morgan fingerprint density at radius 1 is 1.11 bits per heavy atom. The third-order valence-corrected chi connectivity index (χ3v) is 6.03. The van der Waals surface area contributed by atoms with Crippen LogP contribution in [0.15, 0.2) is 89.6 Å². The number of hydrogen-bond acceptors (Lipinski definition) is 7. The number of H-pyrrole nitrogens is 1. The summed E-state index contributed by atoms with van der Waals surface area (Å²) in [5, 5.41) is 14.9. The van der Waals surface area contributed by atoms with Crippen LogP contribution in [0.25, 0.3) is 22.3 Å². The molecule has 37 heavy (non-hydrogen) atoms. The molecule has 5 rings (SSSR count). The number of halogens is 3. The Balaban J connectivity index is 0.000000480. The second-order valence-electron chi connectivity index (χ2n) is 7.58. The molecule has 0 aliphatic heterocycles. The van der Waals surface area contributed by atoms with Crippen LogP contribution in [0.5, 0.6) is 0 Å². The summed E-state index contributed by atoms with van der Waals surface area (Å²) >= 11 is 1.64. The molecule has 0 fully saturated rings. The fraction of sp³-hybridized carbons (Fsp3) is 0.120. The van der Waals surface area contributed by atoms with Gasteiger partial charge in [0.1, 0.15) is 12.0 Å². The quantitative estimate of drug-likeness (QED) is 0.289. The Labute approximate surface area is 213 Å². The lowest BCUT2D eigenvalue weighted by atomic mass is 10.1. The van der Waals surface area contributed by atoms with E-state index in [1.165, 1.54) is 6.33 Å². The number of alkyl halides is 3. The zero-order valence-electron chi connectivity index (χ0n) is 19.0. The first-order valence-electron chi connectivity index (χ1n) is 10.8. The van der Waals surface area contributed by atoms with Gasteiger partial charge in [0.2, 0.25) is 6.29 Å². The van der Waals surface area contributed by atoms with Gasteiger partial charge >= 0.3 is 6.18 Å². The number of fused-ring (bicyclic) bond motifs is 1. The van der Waals surface area contributed by atoms with E-state index in [2.05, 4.69) is 49.3 Å². The minimum absolute atomic E-state index is 0.244. The van der Waals surface area contributed by atoms with E-state index in [-0.39, 0.29) is 12.5 Å². The summed E-state index contributed by atoms with van der Waals surface area (Å²) in [6, 6.07) is 16.2. The van der Waals surface area contributed by atoms with E-state index in [1.807, 2.05) is 47.5 Å². The summed E-state index contributed by atoms with van der Waals surface area (Å²) in [6.07, 6.45) is 5.29. The van der Waals surface area contributed by atoms with Crippen molar-refractivity contribution in [1.82, 2.24) is 29.7 Å². The zero-order valence-corrected chi connectivity index (χ0v) is 19.8. The van der Waals surface area contributed by atoms with Gasteiger partial charge in [0.15, 0.2) is 0 Å². The molecule has 0 aliphatic carbocycles. The summed E-state index contributed by atoms with van der Waals surface area (Å²) in [5.41, 5.74) is 3.39. The normalized spacial score (nSPS) is 11.8. The largest absolute Gasteiger partial charge is 0.446 e. The molecular formula is C25H18F3N7OS. The molecule has 1 atom stereocenters. The van der Waals surface area contributed by atoms with Gasteiger partial charge in [0.25, 0.3) is 0 Å². The number of aldehydes is 1. The van der Waals surface area contributed by atoms with Crippen LogP contribution in [0, 0.1) is 11.3 Å². The van der Waals surface area contributed by atoms with Crippen molar-refractivity contribution in [3.05, 3.63) is 85.3 Å². The van der Waals surface area contributed by atoms with Gasteiger partial charge in [-0.25, -0.2) is 9.97 Å². The van der Waals surface area contributed by atoms with Gasteiger partial charge in [0, 0.05) is 45.5 Å². The second kappa shape index (κ2) is 11.5. The number of rotatable bonds is 6. The highest BCUT2D eigenvalue weighted by molar-refractivity contribution is 7.99. The third-order valence-electron chi connectivity index (χ3n) is 5.06. The smallest absolute Gasteiger partial charge is 0.346 e. The second-order valence-corrected chi connectivity index (χ2v) is 8.72. The first-order valence-corrected chi connectivity index (χ1v) is 11.6. The van der Waals surface area contributed by atoms with Crippen molar-refractivity contribution in [3.8, 4) is 17.3 Å². The minimum atomic E-state index is -4.64. The minimum Gasteiger partial charge on any atom is -0.346 e. The van der Waals surface area contributed by atoms with Crippen molar-refractivity contribution in [3.63, 3.8) is 0 Å². The van der Waals surface area contributed by atoms with Crippen LogP contribution in [-0.2, 0) is 4.79 Å². The molecule has 5 aromatic rings. The molecule has 186 valence electrons. The monoisotopic (exact) mass is 521 g/mol. The van der Waals surface area contributed by atoms with Gasteiger partial charge in [0.05, 0.1) is 30.4 Å². The Morgan fingerprint density at radius 2 is 1.89 bits per heavy atom. The molecule has 0 saturated carbocycles. The Hall–Kier alpha value is -4.50. The van der Waals surface area contributed by atoms with Gasteiger partial charge in [-0.3, -0.25) is 14.5 Å². The summed E-state index contributed by atoms with van der Waals surface area (Å²) in [4.78, 5) is 27.0. The highest BCUT2D eigenvalue weighted by Gasteiger charge is 2.25. The number of hydrogen-bond donors (Lipinski definition) is 1. The van der Waals surface area contributed by atoms with Gasteiger partial charge < -0.3 is 4.98 Å². The lowest BCUT2D eigenvalue weighted by molar-refractivity contribution is -0.156. The number of nitrogens with zero attached hydrogens (tertiary/aromatic N) is 6. The number of carbonyl (C=O) groups is 1. The van der Waals surface area contributed by atoms with E-state index < -0.39 is 12.5 Å². The Bertz CT molecular complexity index is 1530. The predicted molar refractivity (Wildman–Crippen MR) is 130 cm³/mol. The van der Waals surface area contributed by atoms with E-state index in [4.69, 9.17) is 4.79 Å². The Morgan fingerprint density at radius 3 is 2.62 bits per heavy atom. The van der Waals surface area contributed by atoms with Crippen LogP contribution >= 0.6 is 11.8 Å². The first-order chi connectivity index (χ1) is 17.9. The van der Waals surface area contributed by atoms with Crippen LogP contribution in [0.1, 0.15) is 18.0 Å². The standard InChI is InChI=1S/C23H17N7S.C2HF3O/c24-8-6-21(16-10-19(13-25-11-16)31-18-4-2-1-3-5-18)30-14-17(12-29-30)22-20-7-9-26-23(20)28-15-27-22;3-2(4,5)1-6/h1-5,7,9-15,21H,6H2,(H,26,27,28);1H. The SMILES string of the molecule is N#CCC(c1cncc(Sc2ccccc2)c1)n1cc(-c2ncnc3[nH]ccc23)cn1.O=CC(F)(F)F. The fourth-order valence-corrected chi connectivity index (χ4v) is 4.36. The molecule has 4 heterocycles. The van der Waals surface area contributed by atoms with E-state index in [0.29, 0.717) is 0 Å². The molecule has 0 aliphatic rings. The van der Waals surface area contributed by atoms with Crippen molar-refractivity contribution in [2.24, 2.45) is 0 Å². The van der Waals surface area contributed by atoms with Crippen LogP contribution in [0.4, 0.5) is 13.2 Å². The van der Waals surface area contributed by atoms with E-state index in [9.17, 15) is 18.4 Å². The van der Waals surface area contributed by atoms with Gasteiger partial charge in [-0.1, -0.05) is 30.0 Å². The maximum atomic E-state index is 10.4. The number of aromatic nitrogens is 6. The molecule has 1 unspecified atom stereocenters. The molecule has 8 nitrogen and oxygen atoms in total. The predicted octanol–water partition coefficient (Wildman–Crippen LogP) is 5.62. The lowest BCUT2D eigenvalue weighted by Crippen LogP contribution is -2.11. The first kappa shape index (κ1) is 25.6. The number of nitrogens with one attached hydrogen (secondary N) is 1. The summed E-state index contributed by atoms with van der Waals surface area (Å²) < 4.78 is 33.1. The van der Waals surface area contributed by atoms with Crippen molar-refractivity contribution < 1.29 is 18.0 Å². The van der Waals surface area contributed by atoms with E-state index in [0.717, 1.165) is 37.6 Å². The molecule has 0 radical (unpaired) electrons. The summed E-state index contributed by atoms with van der Waals surface area (Å²) in [5.74, 6) is 0. The molecular weight excluding hydrogens is 503 g/mol. The molecule has 0 saturated heterocycles. The number of benzene rings is 1. The highest BCUT2D eigenvalue weighted by atomic mass is 32.2.